The molecule has 2 nitrogen and oxygen atoms in total. The summed E-state index contributed by atoms with van der Waals surface area (Å²) in [6.45, 7) is 1.37. The van der Waals surface area contributed by atoms with E-state index in [2.05, 4.69) is 9.67 Å². The van der Waals surface area contributed by atoms with Gasteiger partial charge >= 0.3 is 0 Å². The summed E-state index contributed by atoms with van der Waals surface area (Å²) >= 11 is 10.1. The molecule has 0 aliphatic rings. The van der Waals surface area contributed by atoms with Crippen molar-refractivity contribution in [3.63, 3.8) is 0 Å². The number of hydrogen-bond donors (Lipinski definition) is 2. The van der Waals surface area contributed by atoms with Crippen molar-refractivity contribution in [2.45, 2.75) is 0 Å². The lowest BCUT2D eigenvalue weighted by molar-refractivity contribution is 0.858. The van der Waals surface area contributed by atoms with Gasteiger partial charge in [0.05, 0.1) is 0 Å². The highest BCUT2D eigenvalue weighted by Gasteiger charge is 1.74. The lowest BCUT2D eigenvalue weighted by Gasteiger charge is -1.88. The fourth-order valence-corrected chi connectivity index (χ4v) is 0.283. The van der Waals surface area contributed by atoms with Crippen LogP contribution in [0.15, 0.2) is 0 Å². The fraction of sp³-hybridized carbons (Fsp3) is 1.00. The topological polar surface area (TPSA) is 24.1 Å². The molecule has 5 heteroatoms. The molecule has 2 N–H and O–H groups in total. The minimum absolute atomic E-state index is 0. The maximum absolute atomic E-state index is 5.03. The predicted octanol–water partition coefficient (Wildman–Crippen LogP) is 0.895. The van der Waals surface area contributed by atoms with Crippen LogP contribution in [0.1, 0.15) is 0 Å². The number of hydrogen-bond acceptors (Lipinski definition) is 2. The molecule has 0 fully saturated rings. The van der Waals surface area contributed by atoms with Gasteiger partial charge in [-0.2, -0.15) is 0 Å². The van der Waals surface area contributed by atoms with Gasteiger partial charge in [0.25, 0.3) is 0 Å². The van der Waals surface area contributed by atoms with E-state index >= 15 is 0 Å². The first kappa shape index (κ1) is 10.7. The zero-order valence-corrected chi connectivity index (χ0v) is 5.91. The van der Waals surface area contributed by atoms with Crippen molar-refractivity contribution in [1.82, 2.24) is 9.67 Å². The first-order chi connectivity index (χ1) is 2.91. The van der Waals surface area contributed by atoms with Gasteiger partial charge < -0.3 is 0 Å². The maximum Gasteiger partial charge on any atom is 0.0246 e. The Morgan fingerprint density at radius 1 is 1.00 bits per heavy atom. The van der Waals surface area contributed by atoms with Crippen LogP contribution in [0.4, 0.5) is 0 Å². The molecule has 0 unspecified atom stereocenters. The predicted molar refractivity (Wildman–Crippen MR) is 35.0 cm³/mol. The first-order valence-electron chi connectivity index (χ1n) is 1.59. The van der Waals surface area contributed by atoms with E-state index in [1.54, 1.807) is 0 Å². The monoisotopic (exact) mass is 164 g/mol. The van der Waals surface area contributed by atoms with E-state index < -0.39 is 0 Å². The molecule has 0 heterocycles. The molecule has 0 atom stereocenters. The van der Waals surface area contributed by atoms with E-state index in [9.17, 15) is 0 Å². The summed E-state index contributed by atoms with van der Waals surface area (Å²) in [6, 6.07) is 0. The van der Waals surface area contributed by atoms with Crippen LogP contribution in [-0.2, 0) is 0 Å². The number of nitrogens with one attached hydrogen (secondary N) is 2. The van der Waals surface area contributed by atoms with Gasteiger partial charge in [-0.25, -0.2) is 9.67 Å². The summed E-state index contributed by atoms with van der Waals surface area (Å²) in [7, 11) is 0. The average molecular weight is 165 g/mol. The lowest BCUT2D eigenvalue weighted by Crippen LogP contribution is -2.14. The van der Waals surface area contributed by atoms with Gasteiger partial charge in [-0.15, -0.1) is 12.4 Å². The van der Waals surface area contributed by atoms with Crippen molar-refractivity contribution in [1.29, 1.82) is 0 Å². The normalized spacial score (nSPS) is 7.71. The largest absolute Gasteiger partial charge is 0.232 e. The summed E-state index contributed by atoms with van der Waals surface area (Å²) in [6.07, 6.45) is 0. The van der Waals surface area contributed by atoms with Gasteiger partial charge in [-0.05, 0) is 23.6 Å². The molecule has 0 radical (unpaired) electrons. The summed E-state index contributed by atoms with van der Waals surface area (Å²) in [5.74, 6) is 0. The van der Waals surface area contributed by atoms with Crippen LogP contribution in [0.3, 0.4) is 0 Å². The minimum Gasteiger partial charge on any atom is -0.232 e. The molecule has 0 amide bonds. The Morgan fingerprint density at radius 2 is 1.29 bits per heavy atom. The molecule has 0 aromatic rings. The van der Waals surface area contributed by atoms with E-state index in [1.807, 2.05) is 0 Å². The van der Waals surface area contributed by atoms with Crippen LogP contribution in [-0.4, -0.2) is 13.1 Å². The fourth-order valence-electron chi connectivity index (χ4n) is 0.0945. The van der Waals surface area contributed by atoms with Crippen LogP contribution >= 0.6 is 36.0 Å². The molecule has 0 rings (SSSR count). The highest BCUT2D eigenvalue weighted by molar-refractivity contribution is 6.14. The van der Waals surface area contributed by atoms with Crippen molar-refractivity contribution in [3.05, 3.63) is 0 Å². The standard InChI is InChI=1S/C2H6Cl2N2.ClH/c3-5-1-2-6-4;/h5-6H,1-2H2;1H. The Labute approximate surface area is 59.2 Å². The van der Waals surface area contributed by atoms with Crippen LogP contribution in [0.5, 0.6) is 0 Å². The van der Waals surface area contributed by atoms with Crippen LogP contribution in [0.2, 0.25) is 0 Å². The third kappa shape index (κ3) is 10.8. The summed E-state index contributed by atoms with van der Waals surface area (Å²) < 4.78 is 0. The molecular formula is C2H7Cl3N2. The zero-order valence-electron chi connectivity index (χ0n) is 3.58. The Hall–Kier alpha value is 0.790. The van der Waals surface area contributed by atoms with Gasteiger partial charge in [0.1, 0.15) is 0 Å². The Balaban J connectivity index is 0. The first-order valence-corrected chi connectivity index (χ1v) is 2.34. The summed E-state index contributed by atoms with van der Waals surface area (Å²) in [5.41, 5.74) is 0. The Morgan fingerprint density at radius 3 is 1.43 bits per heavy atom. The molecule has 0 aliphatic heterocycles. The summed E-state index contributed by atoms with van der Waals surface area (Å²) in [4.78, 5) is 4.79. The van der Waals surface area contributed by atoms with Crippen molar-refractivity contribution < 1.29 is 0 Å². The van der Waals surface area contributed by atoms with Gasteiger partial charge in [0.15, 0.2) is 0 Å². The second-order valence-electron chi connectivity index (χ2n) is 0.767. The number of rotatable bonds is 3. The zero-order chi connectivity index (χ0) is 4.83. The average Bonchev–Trinajstić information content (AvgIpc) is 1.61. The van der Waals surface area contributed by atoms with Gasteiger partial charge in [-0.1, -0.05) is 0 Å². The Kier molecular flexibility index (Phi) is 15.2. The quantitative estimate of drug-likeness (QED) is 0.480. The molecule has 0 aromatic carbocycles. The summed E-state index contributed by atoms with van der Waals surface area (Å²) in [5, 5.41) is 0. The highest BCUT2D eigenvalue weighted by atomic mass is 35.5. The van der Waals surface area contributed by atoms with Crippen molar-refractivity contribution >= 4 is 36.0 Å². The van der Waals surface area contributed by atoms with Crippen molar-refractivity contribution in [2.24, 2.45) is 0 Å². The van der Waals surface area contributed by atoms with Crippen molar-refractivity contribution in [3.8, 4) is 0 Å². The van der Waals surface area contributed by atoms with Crippen LogP contribution in [0, 0.1) is 0 Å². The molecule has 0 aromatic heterocycles. The molecule has 0 aliphatic carbocycles. The highest BCUT2D eigenvalue weighted by Crippen LogP contribution is 1.61. The van der Waals surface area contributed by atoms with Gasteiger partial charge in [0, 0.05) is 13.1 Å². The maximum atomic E-state index is 5.03. The number of halogens is 3. The van der Waals surface area contributed by atoms with Crippen LogP contribution < -0.4 is 9.67 Å². The van der Waals surface area contributed by atoms with Crippen molar-refractivity contribution in [2.75, 3.05) is 13.1 Å². The molecular weight excluding hydrogens is 158 g/mol. The lowest BCUT2D eigenvalue weighted by atomic mass is 10.7. The molecule has 0 saturated carbocycles. The van der Waals surface area contributed by atoms with Gasteiger partial charge in [-0.3, -0.25) is 0 Å². The second kappa shape index (κ2) is 9.92. The van der Waals surface area contributed by atoms with Gasteiger partial charge in [0.2, 0.25) is 0 Å². The molecule has 0 bridgehead atoms. The molecule has 7 heavy (non-hydrogen) atoms. The smallest absolute Gasteiger partial charge is 0.0246 e. The van der Waals surface area contributed by atoms with E-state index in [-0.39, 0.29) is 12.4 Å². The molecule has 0 saturated heterocycles. The Bertz CT molecular complexity index is 22.9. The van der Waals surface area contributed by atoms with E-state index in [0.29, 0.717) is 13.1 Å². The molecule has 0 spiro atoms. The SMILES string of the molecule is Cl.ClNCCNCl. The second-order valence-corrected chi connectivity index (χ2v) is 1.30. The van der Waals surface area contributed by atoms with E-state index in [1.165, 1.54) is 0 Å². The minimum atomic E-state index is 0. The molecule has 46 valence electrons. The third-order valence-electron chi connectivity index (χ3n) is 0.314. The van der Waals surface area contributed by atoms with Crippen LogP contribution in [0.25, 0.3) is 0 Å². The third-order valence-corrected chi connectivity index (χ3v) is 0.692. The van der Waals surface area contributed by atoms with E-state index in [4.69, 9.17) is 23.6 Å². The van der Waals surface area contributed by atoms with E-state index in [0.717, 1.165) is 0 Å².